The van der Waals surface area contributed by atoms with E-state index in [1.165, 1.54) is 5.56 Å². The van der Waals surface area contributed by atoms with E-state index in [1.807, 2.05) is 35.7 Å². The molecule has 0 radical (unpaired) electrons. The highest BCUT2D eigenvalue weighted by molar-refractivity contribution is 5.74. The lowest BCUT2D eigenvalue weighted by atomic mass is 9.99. The molecule has 0 saturated heterocycles. The highest BCUT2D eigenvalue weighted by Gasteiger charge is 2.56. The first-order valence-corrected chi connectivity index (χ1v) is 8.50. The molecule has 6 heteroatoms. The third-order valence-electron chi connectivity index (χ3n) is 5.28. The monoisotopic (exact) mass is 341 g/mol. The second-order valence-corrected chi connectivity index (χ2v) is 6.95. The van der Waals surface area contributed by atoms with Crippen LogP contribution in [0.3, 0.4) is 0 Å². The molecule has 3 heterocycles. The zero-order valence-electron chi connectivity index (χ0n) is 13.8. The highest BCUT2D eigenvalue weighted by atomic mass is 19.3. The topological polar surface area (TPSA) is 39.4 Å². The van der Waals surface area contributed by atoms with Crippen LogP contribution in [0, 0.1) is 12.8 Å². The molecule has 1 aliphatic carbocycles. The molecule has 1 aromatic carbocycles. The predicted octanol–water partition coefficient (Wildman–Crippen LogP) is 3.84. The van der Waals surface area contributed by atoms with E-state index >= 15 is 0 Å². The van der Waals surface area contributed by atoms with E-state index in [0.717, 1.165) is 41.1 Å². The maximum Gasteiger partial charge on any atom is 0.252 e. The van der Waals surface area contributed by atoms with Crippen molar-refractivity contribution in [3.8, 4) is 16.9 Å². The number of hydrogen-bond donors (Lipinski definition) is 0. The molecule has 0 spiro atoms. The van der Waals surface area contributed by atoms with Crippen LogP contribution in [0.25, 0.3) is 16.8 Å². The van der Waals surface area contributed by atoms with E-state index < -0.39 is 11.8 Å². The molecule has 4 nitrogen and oxygen atoms in total. The van der Waals surface area contributed by atoms with Gasteiger partial charge in [-0.3, -0.25) is 4.40 Å². The van der Waals surface area contributed by atoms with Crippen LogP contribution < -0.4 is 4.74 Å². The number of benzene rings is 1. The summed E-state index contributed by atoms with van der Waals surface area (Å²) in [6.45, 7) is 2.73. The standard InChI is InChI=1S/C19H17F2N3O/c1-11-15(12-2-3-16-13(8-12)5-7-25-16)4-6-24-17(22-23-18(11)24)9-14-10-19(14,20)21/h2-4,6,8,14H,5,7,9-10H2,1H3. The third-order valence-corrected chi connectivity index (χ3v) is 5.28. The van der Waals surface area contributed by atoms with Crippen molar-refractivity contribution < 1.29 is 13.5 Å². The number of ether oxygens (including phenoxy) is 1. The average molecular weight is 341 g/mol. The van der Waals surface area contributed by atoms with Crippen molar-refractivity contribution in [2.75, 3.05) is 6.61 Å². The van der Waals surface area contributed by atoms with Crippen LogP contribution in [0.15, 0.2) is 30.5 Å². The van der Waals surface area contributed by atoms with Crippen molar-refractivity contribution in [1.29, 1.82) is 0 Å². The fourth-order valence-corrected chi connectivity index (χ4v) is 3.65. The molecule has 1 fully saturated rings. The summed E-state index contributed by atoms with van der Waals surface area (Å²) in [5, 5.41) is 8.40. The second-order valence-electron chi connectivity index (χ2n) is 6.95. The van der Waals surface area contributed by atoms with Gasteiger partial charge in [-0.2, -0.15) is 0 Å². The van der Waals surface area contributed by atoms with Gasteiger partial charge in [-0.05, 0) is 41.8 Å². The summed E-state index contributed by atoms with van der Waals surface area (Å²) in [6.07, 6.45) is 3.03. The van der Waals surface area contributed by atoms with Crippen LogP contribution in [0.4, 0.5) is 8.78 Å². The lowest BCUT2D eigenvalue weighted by Gasteiger charge is -2.09. The van der Waals surface area contributed by atoms with Gasteiger partial charge in [-0.15, -0.1) is 10.2 Å². The van der Waals surface area contributed by atoms with Crippen molar-refractivity contribution in [2.24, 2.45) is 5.92 Å². The molecule has 25 heavy (non-hydrogen) atoms. The van der Waals surface area contributed by atoms with Gasteiger partial charge in [0.05, 0.1) is 6.61 Å². The normalized spacial score (nSPS) is 20.5. The van der Waals surface area contributed by atoms with Crippen LogP contribution >= 0.6 is 0 Å². The Morgan fingerprint density at radius 3 is 2.92 bits per heavy atom. The van der Waals surface area contributed by atoms with E-state index in [-0.39, 0.29) is 12.8 Å². The van der Waals surface area contributed by atoms with Crippen LogP contribution in [-0.2, 0) is 12.8 Å². The molecule has 1 atom stereocenters. The van der Waals surface area contributed by atoms with Gasteiger partial charge in [0, 0.05) is 36.9 Å². The Bertz CT molecular complexity index is 996. The van der Waals surface area contributed by atoms with Gasteiger partial charge in [0.25, 0.3) is 5.92 Å². The van der Waals surface area contributed by atoms with Crippen LogP contribution in [-0.4, -0.2) is 27.1 Å². The molecular weight excluding hydrogens is 324 g/mol. The Balaban J connectivity index is 1.54. The van der Waals surface area contributed by atoms with Crippen LogP contribution in [0.2, 0.25) is 0 Å². The van der Waals surface area contributed by atoms with Gasteiger partial charge in [0.2, 0.25) is 0 Å². The molecule has 1 unspecified atom stereocenters. The molecule has 128 valence electrons. The first-order valence-electron chi connectivity index (χ1n) is 8.50. The number of nitrogens with zero attached hydrogens (tertiary/aromatic N) is 3. The van der Waals surface area contributed by atoms with Crippen LogP contribution in [0.1, 0.15) is 23.4 Å². The third kappa shape index (κ3) is 2.31. The van der Waals surface area contributed by atoms with Crippen molar-refractivity contribution in [1.82, 2.24) is 14.6 Å². The van der Waals surface area contributed by atoms with E-state index in [9.17, 15) is 8.78 Å². The second kappa shape index (κ2) is 5.00. The van der Waals surface area contributed by atoms with Gasteiger partial charge in [0.15, 0.2) is 5.65 Å². The number of halogens is 2. The summed E-state index contributed by atoms with van der Waals surface area (Å²) in [5.41, 5.74) is 5.14. The molecule has 1 aliphatic heterocycles. The number of rotatable bonds is 3. The fourth-order valence-electron chi connectivity index (χ4n) is 3.65. The first-order chi connectivity index (χ1) is 12.0. The zero-order chi connectivity index (χ0) is 17.2. The summed E-state index contributed by atoms with van der Waals surface area (Å²) in [4.78, 5) is 0. The summed E-state index contributed by atoms with van der Waals surface area (Å²) in [5.74, 6) is -1.57. The molecule has 2 aromatic heterocycles. The van der Waals surface area contributed by atoms with Gasteiger partial charge in [-0.25, -0.2) is 8.78 Å². The molecule has 0 bridgehead atoms. The number of pyridine rings is 1. The van der Waals surface area contributed by atoms with Gasteiger partial charge < -0.3 is 4.74 Å². The Morgan fingerprint density at radius 1 is 1.28 bits per heavy atom. The molecule has 3 aromatic rings. The fraction of sp³-hybridized carbons (Fsp3) is 0.368. The molecule has 0 amide bonds. The molecule has 5 rings (SSSR count). The van der Waals surface area contributed by atoms with E-state index in [4.69, 9.17) is 4.74 Å². The predicted molar refractivity (Wildman–Crippen MR) is 89.1 cm³/mol. The number of aromatic nitrogens is 3. The maximum atomic E-state index is 13.2. The summed E-state index contributed by atoms with van der Waals surface area (Å²) in [6, 6.07) is 8.22. The Morgan fingerprint density at radius 2 is 2.12 bits per heavy atom. The minimum atomic E-state index is -2.53. The van der Waals surface area contributed by atoms with E-state index in [0.29, 0.717) is 5.82 Å². The molecule has 2 aliphatic rings. The SMILES string of the molecule is Cc1c(-c2ccc3c(c2)CCO3)ccn2c(CC3CC3(F)F)nnc12. The lowest BCUT2D eigenvalue weighted by Crippen LogP contribution is -2.02. The quantitative estimate of drug-likeness (QED) is 0.727. The summed E-state index contributed by atoms with van der Waals surface area (Å²) >= 11 is 0. The molecule has 1 saturated carbocycles. The smallest absolute Gasteiger partial charge is 0.252 e. The number of alkyl halides is 2. The zero-order valence-corrected chi connectivity index (χ0v) is 13.8. The van der Waals surface area contributed by atoms with Crippen molar-refractivity contribution in [3.05, 3.63) is 47.4 Å². The Hall–Kier alpha value is -2.50. The van der Waals surface area contributed by atoms with Gasteiger partial charge >= 0.3 is 0 Å². The first kappa shape index (κ1) is 14.8. The molecule has 0 N–H and O–H groups in total. The molecular formula is C19H17F2N3O. The minimum Gasteiger partial charge on any atom is -0.493 e. The van der Waals surface area contributed by atoms with Crippen molar-refractivity contribution in [2.45, 2.75) is 32.1 Å². The van der Waals surface area contributed by atoms with Crippen LogP contribution in [0.5, 0.6) is 5.75 Å². The van der Waals surface area contributed by atoms with Gasteiger partial charge in [0.1, 0.15) is 11.6 Å². The minimum absolute atomic E-state index is 0.0455. The maximum absolute atomic E-state index is 13.2. The number of aryl methyl sites for hydroxylation is 1. The van der Waals surface area contributed by atoms with Crippen molar-refractivity contribution in [3.63, 3.8) is 0 Å². The lowest BCUT2D eigenvalue weighted by molar-refractivity contribution is 0.0984. The van der Waals surface area contributed by atoms with Gasteiger partial charge in [-0.1, -0.05) is 6.07 Å². The van der Waals surface area contributed by atoms with E-state index in [2.05, 4.69) is 16.3 Å². The number of fused-ring (bicyclic) bond motifs is 2. The van der Waals surface area contributed by atoms with Crippen molar-refractivity contribution >= 4 is 5.65 Å². The number of hydrogen-bond acceptors (Lipinski definition) is 3. The highest BCUT2D eigenvalue weighted by Crippen LogP contribution is 2.50. The average Bonchev–Trinajstić information content (AvgIpc) is 2.98. The van der Waals surface area contributed by atoms with E-state index in [1.54, 1.807) is 0 Å². The summed E-state index contributed by atoms with van der Waals surface area (Å²) in [7, 11) is 0. The summed E-state index contributed by atoms with van der Waals surface area (Å²) < 4.78 is 33.8. The largest absolute Gasteiger partial charge is 0.493 e. The Kier molecular flexibility index (Phi) is 2.96. The Labute approximate surface area is 143 Å².